The summed E-state index contributed by atoms with van der Waals surface area (Å²) in [6.45, 7) is 0.623. The van der Waals surface area contributed by atoms with Gasteiger partial charge in [0.1, 0.15) is 18.5 Å². The van der Waals surface area contributed by atoms with E-state index in [2.05, 4.69) is 26.6 Å². The fraction of sp³-hybridized carbons (Fsp3) is 0.333. The molecular formula is C12H13BrF2N2O2. The third-order valence-electron chi connectivity index (χ3n) is 2.31. The summed E-state index contributed by atoms with van der Waals surface area (Å²) in [5.41, 5.74) is -0.167. The standard InChI is InChI=1S/C12H13BrF2N2O2/c1-7(11(18)16-5-4-14)17-12(19)9-6-8(13)2-3-10(9)15/h2-3,6-7H,4-5H2,1H3,(H,16,18)(H,17,19)/t7-/m1/s1. The van der Waals surface area contributed by atoms with Crippen molar-refractivity contribution in [3.05, 3.63) is 34.1 Å². The molecule has 0 heterocycles. The van der Waals surface area contributed by atoms with Gasteiger partial charge in [0.05, 0.1) is 5.56 Å². The quantitative estimate of drug-likeness (QED) is 0.862. The first-order valence-corrected chi connectivity index (χ1v) is 6.34. The van der Waals surface area contributed by atoms with Crippen molar-refractivity contribution in [3.8, 4) is 0 Å². The highest BCUT2D eigenvalue weighted by molar-refractivity contribution is 9.10. The van der Waals surface area contributed by atoms with Crippen LogP contribution in [0.2, 0.25) is 0 Å². The second-order valence-electron chi connectivity index (χ2n) is 3.80. The van der Waals surface area contributed by atoms with Crippen LogP contribution >= 0.6 is 15.9 Å². The summed E-state index contributed by atoms with van der Waals surface area (Å²) in [4.78, 5) is 23.2. The molecule has 19 heavy (non-hydrogen) atoms. The molecule has 2 N–H and O–H groups in total. The van der Waals surface area contributed by atoms with E-state index in [1.807, 2.05) is 0 Å². The van der Waals surface area contributed by atoms with E-state index in [-0.39, 0.29) is 12.1 Å². The van der Waals surface area contributed by atoms with Gasteiger partial charge in [-0.3, -0.25) is 9.59 Å². The van der Waals surface area contributed by atoms with Crippen LogP contribution in [-0.2, 0) is 4.79 Å². The third kappa shape index (κ3) is 4.59. The number of carbonyl (C=O) groups excluding carboxylic acids is 2. The number of alkyl halides is 1. The third-order valence-corrected chi connectivity index (χ3v) is 2.80. The van der Waals surface area contributed by atoms with Crippen LogP contribution < -0.4 is 10.6 Å². The van der Waals surface area contributed by atoms with Crippen LogP contribution in [0.4, 0.5) is 8.78 Å². The molecule has 0 aliphatic rings. The fourth-order valence-corrected chi connectivity index (χ4v) is 1.70. The Kier molecular flexibility index (Phi) is 5.88. The molecule has 0 saturated heterocycles. The molecule has 104 valence electrons. The zero-order valence-electron chi connectivity index (χ0n) is 10.2. The van der Waals surface area contributed by atoms with Crippen molar-refractivity contribution in [1.29, 1.82) is 0 Å². The smallest absolute Gasteiger partial charge is 0.254 e. The first kappa shape index (κ1) is 15.6. The topological polar surface area (TPSA) is 58.2 Å². The number of hydrogen-bond donors (Lipinski definition) is 2. The molecule has 0 radical (unpaired) electrons. The maximum Gasteiger partial charge on any atom is 0.254 e. The summed E-state index contributed by atoms with van der Waals surface area (Å²) in [7, 11) is 0. The lowest BCUT2D eigenvalue weighted by molar-refractivity contribution is -0.122. The highest BCUT2D eigenvalue weighted by atomic mass is 79.9. The highest BCUT2D eigenvalue weighted by Gasteiger charge is 2.18. The number of nitrogens with one attached hydrogen (secondary N) is 2. The van der Waals surface area contributed by atoms with Crippen molar-refractivity contribution in [3.63, 3.8) is 0 Å². The summed E-state index contributed by atoms with van der Waals surface area (Å²) < 4.78 is 25.9. The van der Waals surface area contributed by atoms with Crippen LogP contribution in [-0.4, -0.2) is 31.1 Å². The Morgan fingerprint density at radius 2 is 2.11 bits per heavy atom. The molecule has 0 aromatic heterocycles. The summed E-state index contributed by atoms with van der Waals surface area (Å²) >= 11 is 3.13. The van der Waals surface area contributed by atoms with Crippen molar-refractivity contribution in [2.45, 2.75) is 13.0 Å². The zero-order valence-corrected chi connectivity index (χ0v) is 11.8. The molecule has 0 bridgehead atoms. The Balaban J connectivity index is 2.68. The van der Waals surface area contributed by atoms with Crippen LogP contribution in [0.5, 0.6) is 0 Å². The summed E-state index contributed by atoms with van der Waals surface area (Å²) in [6, 6.07) is 3.05. The minimum atomic E-state index is -0.877. The fourth-order valence-electron chi connectivity index (χ4n) is 1.33. The maximum absolute atomic E-state index is 13.4. The average molecular weight is 335 g/mol. The molecule has 0 aliphatic carbocycles. The number of carbonyl (C=O) groups is 2. The molecule has 1 rings (SSSR count). The van der Waals surface area contributed by atoms with Gasteiger partial charge in [-0.25, -0.2) is 8.78 Å². The van der Waals surface area contributed by atoms with Crippen molar-refractivity contribution >= 4 is 27.7 Å². The van der Waals surface area contributed by atoms with Crippen molar-refractivity contribution < 1.29 is 18.4 Å². The van der Waals surface area contributed by atoms with Gasteiger partial charge in [0.25, 0.3) is 5.91 Å². The van der Waals surface area contributed by atoms with E-state index in [0.717, 1.165) is 6.07 Å². The van der Waals surface area contributed by atoms with E-state index in [4.69, 9.17) is 0 Å². The van der Waals surface area contributed by atoms with Gasteiger partial charge in [0.15, 0.2) is 0 Å². The highest BCUT2D eigenvalue weighted by Crippen LogP contribution is 2.15. The lowest BCUT2D eigenvalue weighted by Gasteiger charge is -2.13. The summed E-state index contributed by atoms with van der Waals surface area (Å²) in [5, 5.41) is 4.62. The SMILES string of the molecule is C[C@@H](NC(=O)c1cc(Br)ccc1F)C(=O)NCCF. The van der Waals surface area contributed by atoms with Crippen LogP contribution in [0, 0.1) is 5.82 Å². The monoisotopic (exact) mass is 334 g/mol. The van der Waals surface area contributed by atoms with E-state index in [1.54, 1.807) is 0 Å². The average Bonchev–Trinajstić information content (AvgIpc) is 2.38. The predicted octanol–water partition coefficient (Wildman–Crippen LogP) is 1.79. The molecule has 0 unspecified atom stereocenters. The van der Waals surface area contributed by atoms with Gasteiger partial charge < -0.3 is 10.6 Å². The first-order valence-electron chi connectivity index (χ1n) is 5.55. The Hall–Kier alpha value is -1.50. The second-order valence-corrected chi connectivity index (χ2v) is 4.72. The van der Waals surface area contributed by atoms with E-state index in [0.29, 0.717) is 4.47 Å². The minimum Gasteiger partial charge on any atom is -0.352 e. The van der Waals surface area contributed by atoms with Crippen molar-refractivity contribution in [2.75, 3.05) is 13.2 Å². The van der Waals surface area contributed by atoms with E-state index >= 15 is 0 Å². The van der Waals surface area contributed by atoms with Gasteiger partial charge in [0.2, 0.25) is 5.91 Å². The van der Waals surface area contributed by atoms with E-state index < -0.39 is 30.3 Å². The molecule has 0 aliphatic heterocycles. The summed E-state index contributed by atoms with van der Waals surface area (Å²) in [5.74, 6) is -1.92. The Morgan fingerprint density at radius 1 is 1.42 bits per heavy atom. The summed E-state index contributed by atoms with van der Waals surface area (Å²) in [6.07, 6.45) is 0. The molecule has 7 heteroatoms. The molecule has 1 atom stereocenters. The maximum atomic E-state index is 13.4. The number of hydrogen-bond acceptors (Lipinski definition) is 2. The van der Waals surface area contributed by atoms with Crippen LogP contribution in [0.15, 0.2) is 22.7 Å². The Bertz CT molecular complexity index is 483. The number of amides is 2. The molecule has 0 fully saturated rings. The van der Waals surface area contributed by atoms with Crippen LogP contribution in [0.3, 0.4) is 0 Å². The predicted molar refractivity (Wildman–Crippen MR) is 70.0 cm³/mol. The molecule has 0 spiro atoms. The first-order chi connectivity index (χ1) is 8.95. The lowest BCUT2D eigenvalue weighted by Crippen LogP contribution is -2.45. The van der Waals surface area contributed by atoms with Crippen molar-refractivity contribution in [1.82, 2.24) is 10.6 Å². The van der Waals surface area contributed by atoms with Gasteiger partial charge >= 0.3 is 0 Å². The largest absolute Gasteiger partial charge is 0.352 e. The molecular weight excluding hydrogens is 322 g/mol. The zero-order chi connectivity index (χ0) is 14.4. The lowest BCUT2D eigenvalue weighted by atomic mass is 10.2. The van der Waals surface area contributed by atoms with Gasteiger partial charge in [-0.2, -0.15) is 0 Å². The van der Waals surface area contributed by atoms with E-state index in [9.17, 15) is 18.4 Å². The molecule has 1 aromatic rings. The number of halogens is 3. The number of rotatable bonds is 5. The molecule has 1 aromatic carbocycles. The molecule has 4 nitrogen and oxygen atoms in total. The molecule has 0 saturated carbocycles. The van der Waals surface area contributed by atoms with E-state index in [1.165, 1.54) is 19.1 Å². The van der Waals surface area contributed by atoms with Crippen LogP contribution in [0.25, 0.3) is 0 Å². The van der Waals surface area contributed by atoms with Gasteiger partial charge in [0, 0.05) is 11.0 Å². The molecule has 2 amide bonds. The van der Waals surface area contributed by atoms with Crippen LogP contribution in [0.1, 0.15) is 17.3 Å². The minimum absolute atomic E-state index is 0.121. The van der Waals surface area contributed by atoms with Gasteiger partial charge in [-0.05, 0) is 25.1 Å². The number of benzene rings is 1. The van der Waals surface area contributed by atoms with Gasteiger partial charge in [-0.15, -0.1) is 0 Å². The Morgan fingerprint density at radius 3 is 2.74 bits per heavy atom. The van der Waals surface area contributed by atoms with Crippen molar-refractivity contribution in [2.24, 2.45) is 0 Å². The second kappa shape index (κ2) is 7.18. The normalized spacial score (nSPS) is 11.8. The Labute approximate surface area is 117 Å². The van der Waals surface area contributed by atoms with Gasteiger partial charge in [-0.1, -0.05) is 15.9 Å².